The molecule has 7 heteroatoms. The van der Waals surface area contributed by atoms with Gasteiger partial charge in [-0.2, -0.15) is 5.10 Å². The lowest BCUT2D eigenvalue weighted by Crippen LogP contribution is -2.42. The molecule has 7 nitrogen and oxygen atoms in total. The summed E-state index contributed by atoms with van der Waals surface area (Å²) >= 11 is 0. The maximum absolute atomic E-state index is 12.3. The summed E-state index contributed by atoms with van der Waals surface area (Å²) in [6.45, 7) is 5.38. The maximum atomic E-state index is 12.3. The first-order chi connectivity index (χ1) is 14.2. The van der Waals surface area contributed by atoms with Gasteiger partial charge in [-0.15, -0.1) is 0 Å². The van der Waals surface area contributed by atoms with Crippen LogP contribution in [0.3, 0.4) is 0 Å². The minimum atomic E-state index is 0.233. The second kappa shape index (κ2) is 10.6. The van der Waals surface area contributed by atoms with E-state index < -0.39 is 0 Å². The van der Waals surface area contributed by atoms with Gasteiger partial charge in [0.25, 0.3) is 0 Å². The molecule has 1 unspecified atom stereocenters. The maximum Gasteiger partial charge on any atom is 0.224 e. The van der Waals surface area contributed by atoms with E-state index in [9.17, 15) is 4.79 Å². The minimum absolute atomic E-state index is 0.233. The number of likely N-dealkylation sites (tertiary alicyclic amines) is 1. The molecule has 2 N–H and O–H groups in total. The van der Waals surface area contributed by atoms with Gasteiger partial charge in [0, 0.05) is 52.0 Å². The van der Waals surface area contributed by atoms with Crippen LogP contribution in [0.5, 0.6) is 0 Å². The molecule has 29 heavy (non-hydrogen) atoms. The minimum Gasteiger partial charge on any atom is -0.356 e. The molecule has 0 saturated carbocycles. The smallest absolute Gasteiger partial charge is 0.224 e. The van der Waals surface area contributed by atoms with Gasteiger partial charge in [0.1, 0.15) is 0 Å². The van der Waals surface area contributed by atoms with Crippen LogP contribution >= 0.6 is 0 Å². The number of hydrogen-bond acceptors (Lipinski definition) is 3. The highest BCUT2D eigenvalue weighted by molar-refractivity contribution is 5.81. The van der Waals surface area contributed by atoms with Crippen LogP contribution in [0.15, 0.2) is 47.7 Å². The lowest BCUT2D eigenvalue weighted by atomic mass is 10.00. The van der Waals surface area contributed by atoms with Crippen molar-refractivity contribution in [3.63, 3.8) is 0 Å². The van der Waals surface area contributed by atoms with Gasteiger partial charge in [0.2, 0.25) is 5.91 Å². The van der Waals surface area contributed by atoms with Gasteiger partial charge in [0.05, 0.1) is 5.69 Å². The zero-order chi connectivity index (χ0) is 20.5. The number of aromatic nitrogens is 2. The summed E-state index contributed by atoms with van der Waals surface area (Å²) in [6, 6.07) is 10.3. The highest BCUT2D eigenvalue weighted by Gasteiger charge is 2.20. The molecule has 0 spiro atoms. The van der Waals surface area contributed by atoms with Crippen LogP contribution in [0, 0.1) is 5.92 Å². The topological polar surface area (TPSA) is 74.6 Å². The molecule has 2 heterocycles. The Kier molecular flexibility index (Phi) is 7.67. The second-order valence-electron chi connectivity index (χ2n) is 7.63. The van der Waals surface area contributed by atoms with Gasteiger partial charge < -0.3 is 15.5 Å². The van der Waals surface area contributed by atoms with Crippen LogP contribution in [0.4, 0.5) is 0 Å². The fourth-order valence-corrected chi connectivity index (χ4v) is 3.64. The fourth-order valence-electron chi connectivity index (χ4n) is 3.64. The van der Waals surface area contributed by atoms with Crippen molar-refractivity contribution in [2.24, 2.45) is 10.9 Å². The van der Waals surface area contributed by atoms with Crippen LogP contribution in [0.2, 0.25) is 0 Å². The number of guanidine groups is 1. The van der Waals surface area contributed by atoms with Crippen molar-refractivity contribution in [3.8, 4) is 5.69 Å². The zero-order valence-electron chi connectivity index (χ0n) is 17.5. The van der Waals surface area contributed by atoms with Crippen LogP contribution in [-0.2, 0) is 11.2 Å². The number of carbonyl (C=O) groups is 1. The van der Waals surface area contributed by atoms with E-state index in [0.29, 0.717) is 18.9 Å². The van der Waals surface area contributed by atoms with Crippen molar-refractivity contribution in [2.45, 2.75) is 32.6 Å². The Balaban J connectivity index is 1.35. The van der Waals surface area contributed by atoms with Gasteiger partial charge >= 0.3 is 0 Å². The molecule has 3 rings (SSSR count). The molecule has 1 aliphatic heterocycles. The van der Waals surface area contributed by atoms with E-state index in [4.69, 9.17) is 0 Å². The first-order valence-electron chi connectivity index (χ1n) is 10.5. The molecule has 0 aliphatic carbocycles. The number of piperidine rings is 1. The molecule has 1 atom stereocenters. The summed E-state index contributed by atoms with van der Waals surface area (Å²) in [5.74, 6) is 1.58. The van der Waals surface area contributed by atoms with Crippen molar-refractivity contribution in [3.05, 3.63) is 48.3 Å². The monoisotopic (exact) mass is 396 g/mol. The van der Waals surface area contributed by atoms with Gasteiger partial charge in [-0.1, -0.05) is 19.1 Å². The third-order valence-corrected chi connectivity index (χ3v) is 5.28. The lowest BCUT2D eigenvalue weighted by Gasteiger charge is -2.31. The van der Waals surface area contributed by atoms with Crippen molar-refractivity contribution >= 4 is 11.9 Å². The van der Waals surface area contributed by atoms with Crippen molar-refractivity contribution in [2.75, 3.05) is 33.2 Å². The molecule has 1 aliphatic rings. The predicted octanol–water partition coefficient (Wildman–Crippen LogP) is 2.23. The first-order valence-corrected chi connectivity index (χ1v) is 10.5. The van der Waals surface area contributed by atoms with Crippen molar-refractivity contribution < 1.29 is 4.79 Å². The molecular weight excluding hydrogens is 364 g/mol. The Morgan fingerprint density at radius 1 is 1.24 bits per heavy atom. The van der Waals surface area contributed by atoms with E-state index >= 15 is 0 Å². The van der Waals surface area contributed by atoms with Crippen molar-refractivity contribution in [1.82, 2.24) is 25.3 Å². The average molecular weight is 397 g/mol. The highest BCUT2D eigenvalue weighted by atomic mass is 16.2. The van der Waals surface area contributed by atoms with Gasteiger partial charge in [-0.05, 0) is 48.9 Å². The van der Waals surface area contributed by atoms with Gasteiger partial charge in [-0.25, -0.2) is 4.68 Å². The SMILES string of the molecule is CN=C(NCCC(=O)N1CCCC(C)C1)NCCc1ccc(-n2cccn2)cc1. The van der Waals surface area contributed by atoms with E-state index in [2.05, 4.69) is 51.9 Å². The summed E-state index contributed by atoms with van der Waals surface area (Å²) in [5, 5.41) is 10.8. The number of amides is 1. The Labute approximate surface area is 173 Å². The van der Waals surface area contributed by atoms with Crippen molar-refractivity contribution in [1.29, 1.82) is 0 Å². The Bertz CT molecular complexity index is 784. The number of hydrogen-bond donors (Lipinski definition) is 2. The normalized spacial score (nSPS) is 17.2. The standard InChI is InChI=1S/C22H32N6O/c1-18-5-3-15-27(17-18)21(29)11-14-25-22(23-2)24-13-10-19-6-8-20(9-7-19)28-16-4-12-26-28/h4,6-9,12,16,18H,3,5,10-11,13-15,17H2,1-2H3,(H2,23,24,25). The Morgan fingerprint density at radius 2 is 2.03 bits per heavy atom. The van der Waals surface area contributed by atoms with E-state index in [1.54, 1.807) is 13.2 Å². The summed E-state index contributed by atoms with van der Waals surface area (Å²) in [6.07, 6.45) is 7.45. The van der Waals surface area contributed by atoms with Crippen LogP contribution in [0.25, 0.3) is 5.69 Å². The molecule has 1 fully saturated rings. The van der Waals surface area contributed by atoms with Crippen LogP contribution in [-0.4, -0.2) is 59.8 Å². The third-order valence-electron chi connectivity index (χ3n) is 5.28. The number of benzene rings is 1. The molecule has 2 aromatic rings. The molecule has 1 amide bonds. The fraction of sp³-hybridized carbons (Fsp3) is 0.500. The van der Waals surface area contributed by atoms with E-state index in [1.807, 2.05) is 21.8 Å². The summed E-state index contributed by atoms with van der Waals surface area (Å²) in [5.41, 5.74) is 2.30. The van der Waals surface area contributed by atoms with Crippen LogP contribution < -0.4 is 10.6 Å². The van der Waals surface area contributed by atoms with E-state index in [0.717, 1.165) is 44.1 Å². The Morgan fingerprint density at radius 3 is 2.72 bits per heavy atom. The molecule has 1 aromatic carbocycles. The van der Waals surface area contributed by atoms with Gasteiger partial charge in [-0.3, -0.25) is 9.79 Å². The molecule has 156 valence electrons. The lowest BCUT2D eigenvalue weighted by molar-refractivity contribution is -0.132. The molecule has 0 radical (unpaired) electrons. The summed E-state index contributed by atoms with van der Waals surface area (Å²) in [4.78, 5) is 18.6. The highest BCUT2D eigenvalue weighted by Crippen LogP contribution is 2.15. The number of rotatable bonds is 7. The number of aliphatic imine (C=N–C) groups is 1. The summed E-state index contributed by atoms with van der Waals surface area (Å²) < 4.78 is 1.85. The number of carbonyl (C=O) groups excluding carboxylic acids is 1. The summed E-state index contributed by atoms with van der Waals surface area (Å²) in [7, 11) is 1.75. The number of nitrogens with one attached hydrogen (secondary N) is 2. The largest absolute Gasteiger partial charge is 0.356 e. The first kappa shape index (κ1) is 20.9. The molecule has 1 saturated heterocycles. The molecule has 0 bridgehead atoms. The third kappa shape index (κ3) is 6.34. The Hall–Kier alpha value is -2.83. The average Bonchev–Trinajstić information content (AvgIpc) is 3.28. The van der Waals surface area contributed by atoms with E-state index in [-0.39, 0.29) is 5.91 Å². The van der Waals surface area contributed by atoms with Crippen LogP contribution in [0.1, 0.15) is 31.7 Å². The number of nitrogens with zero attached hydrogens (tertiary/aromatic N) is 4. The molecular formula is C22H32N6O. The van der Waals surface area contributed by atoms with Gasteiger partial charge in [0.15, 0.2) is 5.96 Å². The predicted molar refractivity (Wildman–Crippen MR) is 116 cm³/mol. The zero-order valence-corrected chi connectivity index (χ0v) is 17.5. The quantitative estimate of drug-likeness (QED) is 0.556. The molecule has 1 aromatic heterocycles. The second-order valence-corrected chi connectivity index (χ2v) is 7.63. The van der Waals surface area contributed by atoms with E-state index in [1.165, 1.54) is 12.0 Å².